The van der Waals surface area contributed by atoms with Gasteiger partial charge in [0.25, 0.3) is 0 Å². The van der Waals surface area contributed by atoms with Crippen LogP contribution in [0.2, 0.25) is 5.02 Å². The number of piperidine rings is 1. The molecule has 1 N–H and O–H groups in total. The highest BCUT2D eigenvalue weighted by atomic mass is 35.5. The van der Waals surface area contributed by atoms with Gasteiger partial charge in [-0.05, 0) is 74.4 Å². The van der Waals surface area contributed by atoms with Crippen molar-refractivity contribution in [1.82, 2.24) is 4.31 Å². The van der Waals surface area contributed by atoms with Crippen LogP contribution in [0, 0.1) is 5.92 Å². The van der Waals surface area contributed by atoms with E-state index >= 15 is 0 Å². The number of sulfonamides is 1. The minimum Gasteiger partial charge on any atom is -0.494 e. The van der Waals surface area contributed by atoms with Crippen LogP contribution in [0.3, 0.4) is 0 Å². The molecule has 3 aromatic rings. The molecule has 3 aromatic carbocycles. The van der Waals surface area contributed by atoms with Crippen molar-refractivity contribution < 1.29 is 22.7 Å². The average Bonchev–Trinajstić information content (AvgIpc) is 2.87. The largest absolute Gasteiger partial charge is 0.494 e. The molecule has 0 radical (unpaired) electrons. The minimum atomic E-state index is -3.64. The van der Waals surface area contributed by atoms with E-state index in [1.807, 2.05) is 37.3 Å². The van der Waals surface area contributed by atoms with Gasteiger partial charge < -0.3 is 14.8 Å². The summed E-state index contributed by atoms with van der Waals surface area (Å²) < 4.78 is 38.8. The van der Waals surface area contributed by atoms with Crippen molar-refractivity contribution in [3.8, 4) is 17.2 Å². The van der Waals surface area contributed by atoms with E-state index in [1.54, 1.807) is 42.5 Å². The summed E-state index contributed by atoms with van der Waals surface area (Å²) in [4.78, 5) is 13.2. The number of benzene rings is 3. The molecule has 1 heterocycles. The molecule has 1 saturated heterocycles. The predicted molar refractivity (Wildman–Crippen MR) is 136 cm³/mol. The number of nitrogens with zero attached hydrogens (tertiary/aromatic N) is 1. The topological polar surface area (TPSA) is 84.9 Å². The fraction of sp³-hybridized carbons (Fsp3) is 0.269. The Labute approximate surface area is 210 Å². The third kappa shape index (κ3) is 6.14. The molecule has 0 spiro atoms. The highest BCUT2D eigenvalue weighted by Gasteiger charge is 2.32. The normalized spacial score (nSPS) is 14.9. The second-order valence-corrected chi connectivity index (χ2v) is 10.5. The van der Waals surface area contributed by atoms with E-state index in [9.17, 15) is 13.2 Å². The van der Waals surface area contributed by atoms with Crippen molar-refractivity contribution in [1.29, 1.82) is 0 Å². The number of halogens is 1. The van der Waals surface area contributed by atoms with E-state index in [4.69, 9.17) is 21.1 Å². The van der Waals surface area contributed by atoms with Crippen LogP contribution in [0.1, 0.15) is 19.8 Å². The van der Waals surface area contributed by atoms with Gasteiger partial charge in [-0.1, -0.05) is 29.8 Å². The lowest BCUT2D eigenvalue weighted by Gasteiger charge is -2.30. The molecule has 1 aliphatic rings. The molecule has 35 heavy (non-hydrogen) atoms. The van der Waals surface area contributed by atoms with Gasteiger partial charge in [-0.3, -0.25) is 4.79 Å². The van der Waals surface area contributed by atoms with Gasteiger partial charge in [0, 0.05) is 24.0 Å². The maximum Gasteiger partial charge on any atom is 0.243 e. The Morgan fingerprint density at radius 3 is 2.34 bits per heavy atom. The van der Waals surface area contributed by atoms with Gasteiger partial charge in [0.15, 0.2) is 5.75 Å². The van der Waals surface area contributed by atoms with Crippen molar-refractivity contribution in [2.75, 3.05) is 25.0 Å². The first-order chi connectivity index (χ1) is 16.9. The Balaban J connectivity index is 1.39. The Hall–Kier alpha value is -3.07. The van der Waals surface area contributed by atoms with E-state index in [-0.39, 0.29) is 29.8 Å². The number of anilines is 1. The Bertz CT molecular complexity index is 1260. The zero-order valence-corrected chi connectivity index (χ0v) is 20.9. The summed E-state index contributed by atoms with van der Waals surface area (Å²) in [5.74, 6) is 1.22. The smallest absolute Gasteiger partial charge is 0.243 e. The maximum absolute atomic E-state index is 13.0. The molecule has 0 aromatic heterocycles. The monoisotopic (exact) mass is 514 g/mol. The molecule has 7 nitrogen and oxygen atoms in total. The number of hydrogen-bond acceptors (Lipinski definition) is 5. The minimum absolute atomic E-state index is 0.191. The number of carbonyl (C=O) groups excluding carboxylic acids is 1. The van der Waals surface area contributed by atoms with Gasteiger partial charge in [-0.15, -0.1) is 0 Å². The van der Waals surface area contributed by atoms with Crippen LogP contribution < -0.4 is 14.8 Å². The second kappa shape index (κ2) is 11.1. The summed E-state index contributed by atoms with van der Waals surface area (Å²) in [6.07, 6.45) is 0.828. The molecule has 4 rings (SSSR count). The molecule has 184 valence electrons. The number of carbonyl (C=O) groups is 1. The summed E-state index contributed by atoms with van der Waals surface area (Å²) in [5, 5.41) is 3.38. The van der Waals surface area contributed by atoms with E-state index < -0.39 is 10.0 Å². The molecule has 0 atom stereocenters. The van der Waals surface area contributed by atoms with Crippen molar-refractivity contribution in [2.45, 2.75) is 24.7 Å². The van der Waals surface area contributed by atoms with E-state index in [1.165, 1.54) is 4.31 Å². The third-order valence-corrected chi connectivity index (χ3v) is 7.92. The lowest BCUT2D eigenvalue weighted by Crippen LogP contribution is -2.41. The second-order valence-electron chi connectivity index (χ2n) is 8.13. The zero-order valence-electron chi connectivity index (χ0n) is 19.3. The molecule has 0 bridgehead atoms. The number of para-hydroxylation sites is 1. The van der Waals surface area contributed by atoms with Crippen molar-refractivity contribution in [3.05, 3.63) is 77.8 Å². The number of hydrogen-bond donors (Lipinski definition) is 1. The van der Waals surface area contributed by atoms with Crippen LogP contribution in [0.15, 0.2) is 77.7 Å². The summed E-state index contributed by atoms with van der Waals surface area (Å²) in [6, 6.07) is 20.7. The average molecular weight is 515 g/mol. The predicted octanol–water partition coefficient (Wildman–Crippen LogP) is 5.57. The number of rotatable bonds is 8. The fourth-order valence-electron chi connectivity index (χ4n) is 3.92. The van der Waals surface area contributed by atoms with Crippen LogP contribution >= 0.6 is 11.6 Å². The van der Waals surface area contributed by atoms with Crippen LogP contribution in [0.4, 0.5) is 5.69 Å². The first kappa shape index (κ1) is 25.0. The summed E-state index contributed by atoms with van der Waals surface area (Å²) in [6.45, 7) is 2.90. The highest BCUT2D eigenvalue weighted by molar-refractivity contribution is 7.89. The highest BCUT2D eigenvalue weighted by Crippen LogP contribution is 2.33. The van der Waals surface area contributed by atoms with E-state index in [2.05, 4.69) is 5.32 Å². The molecular weight excluding hydrogens is 488 g/mol. The van der Waals surface area contributed by atoms with Crippen LogP contribution in [-0.4, -0.2) is 38.3 Å². The van der Waals surface area contributed by atoms with Gasteiger partial charge in [-0.25, -0.2) is 8.42 Å². The van der Waals surface area contributed by atoms with Crippen LogP contribution in [0.5, 0.6) is 17.2 Å². The zero-order chi connectivity index (χ0) is 24.8. The first-order valence-corrected chi connectivity index (χ1v) is 13.2. The van der Waals surface area contributed by atoms with Crippen molar-refractivity contribution in [2.24, 2.45) is 5.92 Å². The van der Waals surface area contributed by atoms with E-state index in [0.29, 0.717) is 47.4 Å². The van der Waals surface area contributed by atoms with Crippen molar-refractivity contribution in [3.63, 3.8) is 0 Å². The SMILES string of the molecule is CCOc1ccc(S(=O)(=O)N2CCC(C(=O)Nc3cc(Cl)ccc3Oc3ccccc3)CC2)cc1. The first-order valence-electron chi connectivity index (χ1n) is 11.4. The summed E-state index contributed by atoms with van der Waals surface area (Å²) in [5.41, 5.74) is 0.468. The number of amides is 1. The molecule has 1 aliphatic heterocycles. The maximum atomic E-state index is 13.0. The Morgan fingerprint density at radius 1 is 1.00 bits per heavy atom. The van der Waals surface area contributed by atoms with Gasteiger partial charge >= 0.3 is 0 Å². The molecule has 1 amide bonds. The standard InChI is InChI=1S/C26H27ClN2O5S/c1-2-33-21-9-11-23(12-10-21)35(31,32)29-16-14-19(15-17-29)26(30)28-24-18-20(27)8-13-25(24)34-22-6-4-3-5-7-22/h3-13,18-19H,2,14-17H2,1H3,(H,28,30). The molecule has 9 heteroatoms. The third-order valence-electron chi connectivity index (χ3n) is 5.77. The van der Waals surface area contributed by atoms with Gasteiger partial charge in [0.2, 0.25) is 15.9 Å². The Morgan fingerprint density at radius 2 is 1.69 bits per heavy atom. The number of nitrogens with one attached hydrogen (secondary N) is 1. The van der Waals surface area contributed by atoms with Gasteiger partial charge in [0.1, 0.15) is 11.5 Å². The summed E-state index contributed by atoms with van der Waals surface area (Å²) >= 11 is 6.16. The van der Waals surface area contributed by atoms with Gasteiger partial charge in [-0.2, -0.15) is 4.31 Å². The number of ether oxygens (including phenoxy) is 2. The summed E-state index contributed by atoms with van der Waals surface area (Å²) in [7, 11) is -3.64. The lowest BCUT2D eigenvalue weighted by atomic mass is 9.97. The van der Waals surface area contributed by atoms with Crippen LogP contribution in [-0.2, 0) is 14.8 Å². The molecule has 0 saturated carbocycles. The quantitative estimate of drug-likeness (QED) is 0.424. The Kier molecular flexibility index (Phi) is 7.95. The molecule has 0 unspecified atom stereocenters. The molecular formula is C26H27ClN2O5S. The van der Waals surface area contributed by atoms with Crippen molar-refractivity contribution >= 4 is 33.2 Å². The van der Waals surface area contributed by atoms with Gasteiger partial charge in [0.05, 0.1) is 17.2 Å². The molecule has 1 fully saturated rings. The van der Waals surface area contributed by atoms with Crippen LogP contribution in [0.25, 0.3) is 0 Å². The lowest BCUT2D eigenvalue weighted by molar-refractivity contribution is -0.120. The fourth-order valence-corrected chi connectivity index (χ4v) is 5.56. The molecule has 0 aliphatic carbocycles. The van der Waals surface area contributed by atoms with E-state index in [0.717, 1.165) is 0 Å².